The number of carbonyl (C=O) groups excluding carboxylic acids is 1. The van der Waals surface area contributed by atoms with Gasteiger partial charge in [-0.2, -0.15) is 0 Å². The number of benzene rings is 1. The molecule has 5 heteroatoms. The van der Waals surface area contributed by atoms with Crippen molar-refractivity contribution in [3.05, 3.63) is 29.3 Å². The lowest BCUT2D eigenvalue weighted by Crippen LogP contribution is -2.42. The smallest absolute Gasteiger partial charge is 0.321 e. The third kappa shape index (κ3) is 2.76. The van der Waals surface area contributed by atoms with Gasteiger partial charge >= 0.3 is 12.0 Å². The minimum absolute atomic E-state index is 0.191. The van der Waals surface area contributed by atoms with Crippen LogP contribution in [0.1, 0.15) is 24.0 Å². The predicted molar refractivity (Wildman–Crippen MR) is 77.0 cm³/mol. The zero-order chi connectivity index (χ0) is 14.9. The Bertz CT molecular complexity index is 550. The number of nitrogens with one attached hydrogen (secondary N) is 1. The van der Waals surface area contributed by atoms with Crippen LogP contribution in [-0.4, -0.2) is 30.7 Å². The Balaban J connectivity index is 2.00. The molecule has 0 atom stereocenters. The van der Waals surface area contributed by atoms with E-state index in [4.69, 9.17) is 5.11 Å². The number of hydrogen-bond donors (Lipinski definition) is 2. The van der Waals surface area contributed by atoms with Crippen molar-refractivity contribution in [3.63, 3.8) is 0 Å². The molecule has 1 aromatic rings. The van der Waals surface area contributed by atoms with Gasteiger partial charge in [-0.1, -0.05) is 17.7 Å². The monoisotopic (exact) mass is 276 g/mol. The van der Waals surface area contributed by atoms with Gasteiger partial charge in [-0.15, -0.1) is 0 Å². The van der Waals surface area contributed by atoms with Gasteiger partial charge in [0, 0.05) is 19.3 Å². The predicted octanol–water partition coefficient (Wildman–Crippen LogP) is 2.31. The molecule has 1 aromatic carbocycles. The van der Waals surface area contributed by atoms with Crippen LogP contribution in [0.25, 0.3) is 0 Å². The standard InChI is InChI=1S/C15H20N2O3/c1-10-4-5-12(11(2)8-10)17(3)14(20)16-9-15(6-7-15)13(18)19/h4-5,8H,6-7,9H2,1-3H3,(H,16,20)(H,18,19). The van der Waals surface area contributed by atoms with Crippen LogP contribution in [0.2, 0.25) is 0 Å². The molecule has 0 bridgehead atoms. The van der Waals surface area contributed by atoms with Crippen molar-refractivity contribution in [2.75, 3.05) is 18.5 Å². The van der Waals surface area contributed by atoms with Crippen LogP contribution >= 0.6 is 0 Å². The van der Waals surface area contributed by atoms with E-state index in [-0.39, 0.29) is 12.6 Å². The van der Waals surface area contributed by atoms with Crippen LogP contribution in [0.4, 0.5) is 10.5 Å². The van der Waals surface area contributed by atoms with E-state index in [1.165, 1.54) is 4.90 Å². The molecule has 2 amide bonds. The number of carboxylic acid groups (broad SMARTS) is 1. The first-order valence-corrected chi connectivity index (χ1v) is 6.68. The van der Waals surface area contributed by atoms with Gasteiger partial charge < -0.3 is 10.4 Å². The van der Waals surface area contributed by atoms with Crippen molar-refractivity contribution >= 4 is 17.7 Å². The lowest BCUT2D eigenvalue weighted by atomic mass is 10.1. The van der Waals surface area contributed by atoms with E-state index in [0.29, 0.717) is 12.8 Å². The molecule has 1 aliphatic rings. The molecule has 1 fully saturated rings. The summed E-state index contributed by atoms with van der Waals surface area (Å²) in [7, 11) is 1.69. The molecular weight excluding hydrogens is 256 g/mol. The van der Waals surface area contributed by atoms with E-state index < -0.39 is 11.4 Å². The fraction of sp³-hybridized carbons (Fsp3) is 0.467. The van der Waals surface area contributed by atoms with Gasteiger partial charge in [-0.25, -0.2) is 4.79 Å². The maximum atomic E-state index is 12.1. The second-order valence-corrected chi connectivity index (χ2v) is 5.59. The Kier molecular flexibility index (Phi) is 3.70. The molecule has 1 saturated carbocycles. The number of hydrogen-bond acceptors (Lipinski definition) is 2. The Morgan fingerprint density at radius 2 is 2.00 bits per heavy atom. The third-order valence-electron chi connectivity index (χ3n) is 3.90. The minimum atomic E-state index is -0.827. The summed E-state index contributed by atoms with van der Waals surface area (Å²) in [5, 5.41) is 11.8. The van der Waals surface area contributed by atoms with E-state index >= 15 is 0 Å². The number of aliphatic carboxylic acids is 1. The van der Waals surface area contributed by atoms with Crippen LogP contribution in [0.15, 0.2) is 18.2 Å². The fourth-order valence-corrected chi connectivity index (χ4v) is 2.27. The molecule has 2 rings (SSSR count). The van der Waals surface area contributed by atoms with Crippen molar-refractivity contribution in [2.45, 2.75) is 26.7 Å². The van der Waals surface area contributed by atoms with Gasteiger partial charge in [0.1, 0.15) is 0 Å². The number of urea groups is 1. The Labute approximate surface area is 118 Å². The highest BCUT2D eigenvalue weighted by Crippen LogP contribution is 2.45. The lowest BCUT2D eigenvalue weighted by Gasteiger charge is -2.21. The van der Waals surface area contributed by atoms with Crippen molar-refractivity contribution in [2.24, 2.45) is 5.41 Å². The van der Waals surface area contributed by atoms with Crippen molar-refractivity contribution in [3.8, 4) is 0 Å². The number of nitrogens with zero attached hydrogens (tertiary/aromatic N) is 1. The van der Waals surface area contributed by atoms with Gasteiger partial charge in [-0.05, 0) is 38.3 Å². The summed E-state index contributed by atoms with van der Waals surface area (Å²) in [6.45, 7) is 4.14. The number of amides is 2. The Morgan fingerprint density at radius 1 is 1.35 bits per heavy atom. The zero-order valence-electron chi connectivity index (χ0n) is 12.1. The summed E-state index contributed by atoms with van der Waals surface area (Å²) < 4.78 is 0. The first kappa shape index (κ1) is 14.4. The van der Waals surface area contributed by atoms with E-state index in [1.807, 2.05) is 32.0 Å². The zero-order valence-corrected chi connectivity index (χ0v) is 12.1. The van der Waals surface area contributed by atoms with E-state index in [0.717, 1.165) is 16.8 Å². The second-order valence-electron chi connectivity index (χ2n) is 5.59. The van der Waals surface area contributed by atoms with Gasteiger partial charge in [0.2, 0.25) is 0 Å². The van der Waals surface area contributed by atoms with Gasteiger partial charge in [0.05, 0.1) is 5.41 Å². The summed E-state index contributed by atoms with van der Waals surface area (Å²) >= 11 is 0. The third-order valence-corrected chi connectivity index (χ3v) is 3.90. The topological polar surface area (TPSA) is 69.6 Å². The summed E-state index contributed by atoms with van der Waals surface area (Å²) in [6.07, 6.45) is 1.27. The molecule has 0 aliphatic heterocycles. The van der Waals surface area contributed by atoms with E-state index in [2.05, 4.69) is 5.32 Å². The highest BCUT2D eigenvalue weighted by molar-refractivity contribution is 5.92. The highest BCUT2D eigenvalue weighted by atomic mass is 16.4. The van der Waals surface area contributed by atoms with E-state index in [9.17, 15) is 9.59 Å². The van der Waals surface area contributed by atoms with Crippen LogP contribution < -0.4 is 10.2 Å². The molecule has 0 heterocycles. The summed E-state index contributed by atoms with van der Waals surface area (Å²) in [4.78, 5) is 24.7. The van der Waals surface area contributed by atoms with Crippen LogP contribution in [0.3, 0.4) is 0 Å². The molecular formula is C15H20N2O3. The number of aryl methyl sites for hydroxylation is 2. The molecule has 0 spiro atoms. The summed E-state index contributed by atoms with van der Waals surface area (Å²) in [6, 6.07) is 5.59. The average molecular weight is 276 g/mol. The maximum absolute atomic E-state index is 12.1. The van der Waals surface area contributed by atoms with Crippen molar-refractivity contribution < 1.29 is 14.7 Å². The number of carboxylic acids is 1. The molecule has 1 aliphatic carbocycles. The Morgan fingerprint density at radius 3 is 2.50 bits per heavy atom. The molecule has 0 saturated heterocycles. The number of rotatable bonds is 4. The van der Waals surface area contributed by atoms with Crippen molar-refractivity contribution in [1.82, 2.24) is 5.32 Å². The molecule has 0 unspecified atom stereocenters. The first-order chi connectivity index (χ1) is 9.35. The largest absolute Gasteiger partial charge is 0.481 e. The summed E-state index contributed by atoms with van der Waals surface area (Å²) in [5.74, 6) is -0.827. The molecule has 20 heavy (non-hydrogen) atoms. The van der Waals surface area contributed by atoms with Crippen LogP contribution in [0, 0.1) is 19.3 Å². The fourth-order valence-electron chi connectivity index (χ4n) is 2.27. The lowest BCUT2D eigenvalue weighted by molar-refractivity contribution is -0.143. The normalized spacial score (nSPS) is 15.6. The van der Waals surface area contributed by atoms with Crippen LogP contribution in [-0.2, 0) is 4.79 Å². The molecule has 0 radical (unpaired) electrons. The van der Waals surface area contributed by atoms with Crippen LogP contribution in [0.5, 0.6) is 0 Å². The SMILES string of the molecule is Cc1ccc(N(C)C(=O)NCC2(C(=O)O)CC2)c(C)c1. The highest BCUT2D eigenvalue weighted by Gasteiger charge is 2.50. The second kappa shape index (κ2) is 5.15. The molecule has 2 N–H and O–H groups in total. The minimum Gasteiger partial charge on any atom is -0.481 e. The van der Waals surface area contributed by atoms with E-state index in [1.54, 1.807) is 7.05 Å². The van der Waals surface area contributed by atoms with Crippen molar-refractivity contribution in [1.29, 1.82) is 0 Å². The summed E-state index contributed by atoms with van der Waals surface area (Å²) in [5.41, 5.74) is 2.25. The van der Waals surface area contributed by atoms with Gasteiger partial charge in [-0.3, -0.25) is 9.69 Å². The average Bonchev–Trinajstić information content (AvgIpc) is 3.16. The van der Waals surface area contributed by atoms with Gasteiger partial charge in [0.25, 0.3) is 0 Å². The quantitative estimate of drug-likeness (QED) is 0.886. The molecule has 0 aromatic heterocycles. The first-order valence-electron chi connectivity index (χ1n) is 6.68. The Hall–Kier alpha value is -2.04. The number of anilines is 1. The van der Waals surface area contributed by atoms with Gasteiger partial charge in [0.15, 0.2) is 0 Å². The maximum Gasteiger partial charge on any atom is 0.321 e. The number of carbonyl (C=O) groups is 2. The molecule has 108 valence electrons. The molecule has 5 nitrogen and oxygen atoms in total.